The van der Waals surface area contributed by atoms with E-state index in [1.54, 1.807) is 45.0 Å². The molecule has 3 rings (SSSR count). The Hall–Kier alpha value is -2.87. The van der Waals surface area contributed by atoms with Crippen molar-refractivity contribution in [3.8, 4) is 5.75 Å². The van der Waals surface area contributed by atoms with Gasteiger partial charge in [0.25, 0.3) is 0 Å². The Bertz CT molecular complexity index is 1120. The van der Waals surface area contributed by atoms with E-state index in [0.717, 1.165) is 21.2 Å². The number of aryl methyl sites for hydroxylation is 2. The topological polar surface area (TPSA) is 52.6 Å². The van der Waals surface area contributed by atoms with E-state index in [1.807, 2.05) is 0 Å². The van der Waals surface area contributed by atoms with Crippen LogP contribution >= 0.6 is 11.3 Å². The summed E-state index contributed by atoms with van der Waals surface area (Å²) in [6.07, 6.45) is -4.46. The van der Waals surface area contributed by atoms with Gasteiger partial charge in [-0.2, -0.15) is 13.2 Å². The number of halogens is 3. The largest absolute Gasteiger partial charge is 0.479 e. The number of thiophene rings is 1. The molecular weight excluding hydrogens is 441 g/mol. The number of carbonyl (C=O) groups is 2. The van der Waals surface area contributed by atoms with Crippen molar-refractivity contribution in [1.29, 1.82) is 0 Å². The van der Waals surface area contributed by atoms with E-state index >= 15 is 0 Å². The number of benzene rings is 2. The van der Waals surface area contributed by atoms with Gasteiger partial charge in [0.2, 0.25) is 0 Å². The Morgan fingerprint density at radius 2 is 1.78 bits per heavy atom. The first-order valence-electron chi connectivity index (χ1n) is 10.2. The van der Waals surface area contributed by atoms with Gasteiger partial charge in [0.15, 0.2) is 11.9 Å². The quantitative estimate of drug-likeness (QED) is 0.287. The minimum absolute atomic E-state index is 0.0807. The van der Waals surface area contributed by atoms with Crippen molar-refractivity contribution in [2.45, 2.75) is 45.9 Å². The highest BCUT2D eigenvalue weighted by atomic mass is 32.1. The number of hydrogen-bond acceptors (Lipinski definition) is 5. The average molecular weight is 465 g/mol. The standard InChI is InChI=1S/C24H23F3O4S/c1-4-30-23(29)15(3)31-18-8-5-16(6-9-18)20(28)10-12-21-14(2)19-13-17(24(25,26)27)7-11-22(19)32-21/h5-9,11,13,15H,4,10,12H2,1-3H3. The van der Waals surface area contributed by atoms with E-state index in [4.69, 9.17) is 9.47 Å². The van der Waals surface area contributed by atoms with Gasteiger partial charge in [-0.15, -0.1) is 11.3 Å². The van der Waals surface area contributed by atoms with Crippen molar-refractivity contribution in [2.24, 2.45) is 0 Å². The molecule has 1 aromatic heterocycles. The van der Waals surface area contributed by atoms with E-state index in [-0.39, 0.29) is 18.8 Å². The highest BCUT2D eigenvalue weighted by molar-refractivity contribution is 7.19. The van der Waals surface area contributed by atoms with Crippen LogP contribution < -0.4 is 4.74 Å². The second-order valence-corrected chi connectivity index (χ2v) is 8.46. The molecule has 8 heteroatoms. The minimum Gasteiger partial charge on any atom is -0.479 e. The maximum atomic E-state index is 13.0. The summed E-state index contributed by atoms with van der Waals surface area (Å²) in [7, 11) is 0. The van der Waals surface area contributed by atoms with E-state index < -0.39 is 23.8 Å². The molecule has 0 N–H and O–H groups in total. The summed E-state index contributed by atoms with van der Waals surface area (Å²) >= 11 is 1.41. The Morgan fingerprint density at radius 1 is 1.09 bits per heavy atom. The first-order valence-corrected chi connectivity index (χ1v) is 11.0. The number of esters is 1. The van der Waals surface area contributed by atoms with Gasteiger partial charge < -0.3 is 9.47 Å². The summed E-state index contributed by atoms with van der Waals surface area (Å²) in [5.74, 6) is -0.0977. The summed E-state index contributed by atoms with van der Waals surface area (Å²) in [6, 6.07) is 10.2. The Morgan fingerprint density at radius 3 is 2.41 bits per heavy atom. The highest BCUT2D eigenvalue weighted by Gasteiger charge is 2.31. The van der Waals surface area contributed by atoms with Gasteiger partial charge >= 0.3 is 12.1 Å². The molecule has 0 aliphatic heterocycles. The minimum atomic E-state index is -4.39. The first-order chi connectivity index (χ1) is 15.1. The lowest BCUT2D eigenvalue weighted by molar-refractivity contribution is -0.150. The van der Waals surface area contributed by atoms with Crippen molar-refractivity contribution in [3.05, 3.63) is 64.0 Å². The fraction of sp³-hybridized carbons (Fsp3) is 0.333. The van der Waals surface area contributed by atoms with Gasteiger partial charge in [-0.3, -0.25) is 4.79 Å². The zero-order chi connectivity index (χ0) is 23.5. The third-order valence-corrected chi connectivity index (χ3v) is 6.38. The summed E-state index contributed by atoms with van der Waals surface area (Å²) in [5.41, 5.74) is 0.605. The molecule has 1 unspecified atom stereocenters. The summed E-state index contributed by atoms with van der Waals surface area (Å²) in [6.45, 7) is 5.35. The van der Waals surface area contributed by atoms with Crippen LogP contribution in [0.3, 0.4) is 0 Å². The SMILES string of the molecule is CCOC(=O)C(C)Oc1ccc(C(=O)CCc2sc3ccc(C(F)(F)F)cc3c2C)cc1. The van der Waals surface area contributed by atoms with Crippen LogP contribution in [-0.4, -0.2) is 24.5 Å². The molecular formula is C24H23F3O4S. The number of ether oxygens (including phenoxy) is 2. The molecule has 0 aliphatic rings. The van der Waals surface area contributed by atoms with E-state index in [2.05, 4.69) is 0 Å². The third-order valence-electron chi connectivity index (χ3n) is 5.05. The molecule has 0 fully saturated rings. The van der Waals surface area contributed by atoms with E-state index in [1.165, 1.54) is 23.5 Å². The number of ketones is 1. The number of Topliss-reactive ketones (excluding diaryl/α,β-unsaturated/α-hetero) is 1. The molecule has 0 aliphatic carbocycles. The van der Waals surface area contributed by atoms with E-state index in [9.17, 15) is 22.8 Å². The number of alkyl halides is 3. The molecule has 170 valence electrons. The monoisotopic (exact) mass is 464 g/mol. The van der Waals surface area contributed by atoms with Crippen molar-refractivity contribution < 1.29 is 32.2 Å². The van der Waals surface area contributed by atoms with Crippen LogP contribution in [0.25, 0.3) is 10.1 Å². The van der Waals surface area contributed by atoms with Gasteiger partial charge in [0.1, 0.15) is 5.75 Å². The normalized spacial score (nSPS) is 12.6. The number of fused-ring (bicyclic) bond motifs is 1. The lowest BCUT2D eigenvalue weighted by Gasteiger charge is -2.13. The van der Waals surface area contributed by atoms with Crippen molar-refractivity contribution in [3.63, 3.8) is 0 Å². The lowest BCUT2D eigenvalue weighted by atomic mass is 10.0. The predicted molar refractivity (Wildman–Crippen MR) is 117 cm³/mol. The lowest BCUT2D eigenvalue weighted by Crippen LogP contribution is -2.26. The molecule has 0 saturated carbocycles. The molecule has 0 radical (unpaired) electrons. The zero-order valence-electron chi connectivity index (χ0n) is 17.9. The van der Waals surface area contributed by atoms with Crippen molar-refractivity contribution in [2.75, 3.05) is 6.61 Å². The molecule has 3 aromatic rings. The summed E-state index contributed by atoms with van der Waals surface area (Å²) < 4.78 is 50.2. The van der Waals surface area contributed by atoms with Crippen LogP contribution in [0.1, 0.15) is 46.6 Å². The molecule has 0 saturated heterocycles. The highest BCUT2D eigenvalue weighted by Crippen LogP contribution is 2.37. The molecule has 4 nitrogen and oxygen atoms in total. The molecule has 0 amide bonds. The molecule has 1 heterocycles. The second kappa shape index (κ2) is 9.73. The van der Waals surface area contributed by atoms with Crippen LogP contribution in [0.5, 0.6) is 5.75 Å². The van der Waals surface area contributed by atoms with Crippen molar-refractivity contribution >= 4 is 33.2 Å². The fourth-order valence-corrected chi connectivity index (χ4v) is 4.48. The summed E-state index contributed by atoms with van der Waals surface area (Å²) in [4.78, 5) is 25.1. The third kappa shape index (κ3) is 5.48. The maximum Gasteiger partial charge on any atom is 0.416 e. The number of rotatable bonds is 8. The van der Waals surface area contributed by atoms with E-state index in [0.29, 0.717) is 23.1 Å². The van der Waals surface area contributed by atoms with Gasteiger partial charge in [-0.25, -0.2) is 4.79 Å². The van der Waals surface area contributed by atoms with Gasteiger partial charge in [-0.1, -0.05) is 0 Å². The van der Waals surface area contributed by atoms with Crippen LogP contribution in [-0.2, 0) is 22.1 Å². The van der Waals surface area contributed by atoms with Gasteiger partial charge in [-0.05, 0) is 80.6 Å². The first kappa shape index (κ1) is 23.8. The average Bonchev–Trinajstić information content (AvgIpc) is 3.07. The van der Waals surface area contributed by atoms with Gasteiger partial charge in [0.05, 0.1) is 12.2 Å². The maximum absolute atomic E-state index is 13.0. The molecule has 0 spiro atoms. The molecule has 1 atom stereocenters. The zero-order valence-corrected chi connectivity index (χ0v) is 18.7. The number of carbonyl (C=O) groups excluding carboxylic acids is 2. The van der Waals surface area contributed by atoms with Crippen LogP contribution in [0.4, 0.5) is 13.2 Å². The second-order valence-electron chi connectivity index (χ2n) is 7.32. The van der Waals surface area contributed by atoms with Gasteiger partial charge in [0, 0.05) is 21.6 Å². The van der Waals surface area contributed by atoms with Crippen LogP contribution in [0.2, 0.25) is 0 Å². The van der Waals surface area contributed by atoms with Crippen LogP contribution in [0.15, 0.2) is 42.5 Å². The predicted octanol–water partition coefficient (Wildman–Crippen LogP) is 6.37. The molecule has 32 heavy (non-hydrogen) atoms. The Kier molecular flexibility index (Phi) is 7.23. The fourth-order valence-electron chi connectivity index (χ4n) is 3.29. The number of hydrogen-bond donors (Lipinski definition) is 0. The van der Waals surface area contributed by atoms with Crippen molar-refractivity contribution in [1.82, 2.24) is 0 Å². The van der Waals surface area contributed by atoms with Crippen LogP contribution in [0, 0.1) is 6.92 Å². The Balaban J connectivity index is 1.65. The molecule has 2 aromatic carbocycles. The molecule has 0 bridgehead atoms. The summed E-state index contributed by atoms with van der Waals surface area (Å²) in [5, 5.41) is 0.574. The smallest absolute Gasteiger partial charge is 0.416 e. The Labute approximate surface area is 188 Å².